The molecule has 3 nitrogen and oxygen atoms in total. The average Bonchev–Trinajstić information content (AvgIpc) is 2.95. The van der Waals surface area contributed by atoms with E-state index in [0.29, 0.717) is 0 Å². The van der Waals surface area contributed by atoms with Gasteiger partial charge in [0.25, 0.3) is 0 Å². The summed E-state index contributed by atoms with van der Waals surface area (Å²) in [6.45, 7) is 2.00. The van der Waals surface area contributed by atoms with E-state index < -0.39 is 0 Å². The molecule has 0 bridgehead atoms. The summed E-state index contributed by atoms with van der Waals surface area (Å²) in [6.07, 6.45) is 7.04. The maximum atomic E-state index is 12.2. The lowest BCUT2D eigenvalue weighted by Gasteiger charge is -2.17. The minimum atomic E-state index is 0.107. The molecule has 4 heteroatoms. The number of hydrogen-bond acceptors (Lipinski definition) is 3. The van der Waals surface area contributed by atoms with E-state index in [0.717, 1.165) is 41.2 Å². The Balaban J connectivity index is 1.67. The first-order valence-corrected chi connectivity index (χ1v) is 8.09. The summed E-state index contributed by atoms with van der Waals surface area (Å²) in [5.41, 5.74) is 2.93. The van der Waals surface area contributed by atoms with Crippen LogP contribution in [0.1, 0.15) is 24.3 Å². The third kappa shape index (κ3) is 3.39. The Labute approximate surface area is 128 Å². The quantitative estimate of drug-likeness (QED) is 0.853. The SMILES string of the molecule is Cc1nc(-c2ccc(NC(=O)C3CC=CCC3)cc2)cs1. The molecule has 108 valence electrons. The summed E-state index contributed by atoms with van der Waals surface area (Å²) in [4.78, 5) is 16.6. The smallest absolute Gasteiger partial charge is 0.227 e. The normalized spacial score (nSPS) is 17.7. The largest absolute Gasteiger partial charge is 0.326 e. The molecule has 0 spiro atoms. The van der Waals surface area contributed by atoms with Crippen molar-refractivity contribution >= 4 is 22.9 Å². The molecule has 2 aromatic rings. The number of amides is 1. The highest BCUT2D eigenvalue weighted by Crippen LogP contribution is 2.24. The van der Waals surface area contributed by atoms with E-state index in [9.17, 15) is 4.79 Å². The number of carbonyl (C=O) groups excluding carboxylic acids is 1. The van der Waals surface area contributed by atoms with E-state index >= 15 is 0 Å². The van der Waals surface area contributed by atoms with Crippen LogP contribution in [0.4, 0.5) is 5.69 Å². The molecule has 0 aliphatic heterocycles. The number of nitrogens with zero attached hydrogens (tertiary/aromatic N) is 1. The first-order chi connectivity index (χ1) is 10.2. The standard InChI is InChI=1S/C17H18N2OS/c1-12-18-16(11-21-12)13-7-9-15(10-8-13)19-17(20)14-5-3-2-4-6-14/h2-3,7-11,14H,4-6H2,1H3,(H,19,20). The Morgan fingerprint density at radius 1 is 1.29 bits per heavy atom. The lowest BCUT2D eigenvalue weighted by atomic mass is 9.93. The van der Waals surface area contributed by atoms with Gasteiger partial charge in [0.05, 0.1) is 10.7 Å². The van der Waals surface area contributed by atoms with Gasteiger partial charge in [-0.3, -0.25) is 4.79 Å². The molecule has 0 saturated carbocycles. The summed E-state index contributed by atoms with van der Waals surface area (Å²) < 4.78 is 0. The Morgan fingerprint density at radius 2 is 2.10 bits per heavy atom. The van der Waals surface area contributed by atoms with E-state index in [-0.39, 0.29) is 11.8 Å². The minimum Gasteiger partial charge on any atom is -0.326 e. The van der Waals surface area contributed by atoms with Gasteiger partial charge in [-0.05, 0) is 38.3 Å². The van der Waals surface area contributed by atoms with Crippen molar-refractivity contribution in [3.05, 3.63) is 46.8 Å². The van der Waals surface area contributed by atoms with Gasteiger partial charge in [-0.1, -0.05) is 24.3 Å². The van der Waals surface area contributed by atoms with Crippen molar-refractivity contribution in [2.75, 3.05) is 5.32 Å². The van der Waals surface area contributed by atoms with Gasteiger partial charge in [0.15, 0.2) is 0 Å². The van der Waals surface area contributed by atoms with Gasteiger partial charge in [0.2, 0.25) is 5.91 Å². The zero-order valence-electron chi connectivity index (χ0n) is 12.0. The molecule has 1 N–H and O–H groups in total. The third-order valence-corrected chi connectivity index (χ3v) is 4.48. The number of rotatable bonds is 3. The number of benzene rings is 1. The molecule has 3 rings (SSSR count). The first kappa shape index (κ1) is 14.0. The molecular formula is C17H18N2OS. The summed E-state index contributed by atoms with van der Waals surface area (Å²) in [7, 11) is 0. The summed E-state index contributed by atoms with van der Waals surface area (Å²) in [5, 5.41) is 6.12. The second-order valence-electron chi connectivity index (χ2n) is 5.30. The molecule has 1 aromatic carbocycles. The van der Waals surface area contributed by atoms with Crippen LogP contribution in [0.25, 0.3) is 11.3 Å². The molecule has 1 atom stereocenters. The molecule has 1 aliphatic carbocycles. The maximum Gasteiger partial charge on any atom is 0.227 e. The van der Waals surface area contributed by atoms with Crippen LogP contribution in [0, 0.1) is 12.8 Å². The van der Waals surface area contributed by atoms with E-state index in [1.54, 1.807) is 11.3 Å². The fourth-order valence-corrected chi connectivity index (χ4v) is 3.12. The van der Waals surface area contributed by atoms with Crippen LogP contribution >= 0.6 is 11.3 Å². The molecule has 1 aliphatic rings. The molecule has 0 fully saturated rings. The second kappa shape index (κ2) is 6.22. The highest BCUT2D eigenvalue weighted by molar-refractivity contribution is 7.09. The minimum absolute atomic E-state index is 0.107. The Bertz CT molecular complexity index is 658. The Hall–Kier alpha value is -1.94. The number of thiazole rings is 1. The van der Waals surface area contributed by atoms with Crippen LogP contribution in [-0.4, -0.2) is 10.9 Å². The fourth-order valence-electron chi connectivity index (χ4n) is 2.50. The molecule has 0 radical (unpaired) electrons. The lowest BCUT2D eigenvalue weighted by molar-refractivity contribution is -0.120. The molecule has 1 heterocycles. The van der Waals surface area contributed by atoms with Crippen molar-refractivity contribution in [1.82, 2.24) is 4.98 Å². The predicted octanol–water partition coefficient (Wildman–Crippen LogP) is 4.41. The van der Waals surface area contributed by atoms with Crippen molar-refractivity contribution < 1.29 is 4.79 Å². The molecule has 21 heavy (non-hydrogen) atoms. The number of carbonyl (C=O) groups is 1. The summed E-state index contributed by atoms with van der Waals surface area (Å²) in [5.74, 6) is 0.229. The summed E-state index contributed by atoms with van der Waals surface area (Å²) >= 11 is 1.65. The number of aryl methyl sites for hydroxylation is 1. The van der Waals surface area contributed by atoms with Gasteiger partial charge in [0.1, 0.15) is 0 Å². The van der Waals surface area contributed by atoms with E-state index in [1.807, 2.05) is 31.2 Å². The van der Waals surface area contributed by atoms with Crippen LogP contribution in [0.2, 0.25) is 0 Å². The van der Waals surface area contributed by atoms with E-state index in [4.69, 9.17) is 0 Å². The molecular weight excluding hydrogens is 280 g/mol. The van der Waals surface area contributed by atoms with Gasteiger partial charge in [-0.15, -0.1) is 11.3 Å². The van der Waals surface area contributed by atoms with Gasteiger partial charge in [0, 0.05) is 22.5 Å². The molecule has 1 amide bonds. The van der Waals surface area contributed by atoms with Gasteiger partial charge >= 0.3 is 0 Å². The van der Waals surface area contributed by atoms with Gasteiger partial charge < -0.3 is 5.32 Å². The Morgan fingerprint density at radius 3 is 2.71 bits per heavy atom. The lowest BCUT2D eigenvalue weighted by Crippen LogP contribution is -2.23. The summed E-state index contributed by atoms with van der Waals surface area (Å²) in [6, 6.07) is 7.90. The Kier molecular flexibility index (Phi) is 4.15. The number of aromatic nitrogens is 1. The van der Waals surface area contributed by atoms with E-state index in [2.05, 4.69) is 27.8 Å². The maximum absolute atomic E-state index is 12.2. The van der Waals surface area contributed by atoms with Crippen molar-refractivity contribution in [3.8, 4) is 11.3 Å². The monoisotopic (exact) mass is 298 g/mol. The van der Waals surface area contributed by atoms with Crippen LogP contribution in [0.5, 0.6) is 0 Å². The number of nitrogens with one attached hydrogen (secondary N) is 1. The first-order valence-electron chi connectivity index (χ1n) is 7.21. The van der Waals surface area contributed by atoms with Crippen LogP contribution in [0.15, 0.2) is 41.8 Å². The highest BCUT2D eigenvalue weighted by Gasteiger charge is 2.18. The zero-order valence-corrected chi connectivity index (χ0v) is 12.8. The predicted molar refractivity (Wildman–Crippen MR) is 87.4 cm³/mol. The van der Waals surface area contributed by atoms with E-state index in [1.165, 1.54) is 0 Å². The van der Waals surface area contributed by atoms with Gasteiger partial charge in [-0.25, -0.2) is 4.98 Å². The van der Waals surface area contributed by atoms with Crippen LogP contribution in [0.3, 0.4) is 0 Å². The topological polar surface area (TPSA) is 42.0 Å². The number of anilines is 1. The van der Waals surface area contributed by atoms with Crippen LogP contribution in [-0.2, 0) is 4.79 Å². The molecule has 1 aromatic heterocycles. The highest BCUT2D eigenvalue weighted by atomic mass is 32.1. The average molecular weight is 298 g/mol. The zero-order chi connectivity index (χ0) is 14.7. The van der Waals surface area contributed by atoms with Crippen molar-refractivity contribution in [2.24, 2.45) is 5.92 Å². The van der Waals surface area contributed by atoms with Crippen molar-refractivity contribution in [2.45, 2.75) is 26.2 Å². The van der Waals surface area contributed by atoms with Crippen LogP contribution < -0.4 is 5.32 Å². The number of hydrogen-bond donors (Lipinski definition) is 1. The number of allylic oxidation sites excluding steroid dienone is 2. The molecule has 0 saturated heterocycles. The van der Waals surface area contributed by atoms with Crippen molar-refractivity contribution in [1.29, 1.82) is 0 Å². The second-order valence-corrected chi connectivity index (χ2v) is 6.36. The fraction of sp³-hybridized carbons (Fsp3) is 0.294. The molecule has 1 unspecified atom stereocenters. The van der Waals surface area contributed by atoms with Gasteiger partial charge in [-0.2, -0.15) is 0 Å². The third-order valence-electron chi connectivity index (χ3n) is 3.71. The van der Waals surface area contributed by atoms with Crippen molar-refractivity contribution in [3.63, 3.8) is 0 Å².